The fourth-order valence-electron chi connectivity index (χ4n) is 2.48. The highest BCUT2D eigenvalue weighted by Crippen LogP contribution is 2.23. The second-order valence-electron chi connectivity index (χ2n) is 5.42. The molecule has 0 bridgehead atoms. The maximum Gasteiger partial charge on any atom is 0.341 e. The standard InChI is InChI=1S/C18H21NO3/c1-4-12(3)19-16(11-10-15(17(19)20)18(21)22)14-8-6-13(5-2)7-9-14/h6-12H,4-5H2,1-3H3,(H,21,22). The number of hydrogen-bond donors (Lipinski definition) is 1. The number of pyridine rings is 1. The van der Waals surface area contributed by atoms with Crippen LogP contribution in [0.15, 0.2) is 41.2 Å². The molecule has 1 unspecified atom stereocenters. The van der Waals surface area contributed by atoms with Crippen LogP contribution in [0.1, 0.15) is 49.2 Å². The largest absolute Gasteiger partial charge is 0.477 e. The van der Waals surface area contributed by atoms with Crippen molar-refractivity contribution in [2.24, 2.45) is 0 Å². The molecule has 116 valence electrons. The number of rotatable bonds is 5. The number of nitrogens with zero attached hydrogens (tertiary/aromatic N) is 1. The Balaban J connectivity index is 2.66. The quantitative estimate of drug-likeness (QED) is 0.914. The fraction of sp³-hybridized carbons (Fsp3) is 0.333. The third-order valence-corrected chi connectivity index (χ3v) is 4.04. The van der Waals surface area contributed by atoms with Gasteiger partial charge in [0.25, 0.3) is 5.56 Å². The molecule has 2 aromatic rings. The highest BCUT2D eigenvalue weighted by atomic mass is 16.4. The topological polar surface area (TPSA) is 59.3 Å². The summed E-state index contributed by atoms with van der Waals surface area (Å²) < 4.78 is 1.59. The van der Waals surface area contributed by atoms with Crippen LogP contribution in [0, 0.1) is 0 Å². The number of aromatic carboxylic acids is 1. The van der Waals surface area contributed by atoms with Crippen molar-refractivity contribution in [2.75, 3.05) is 0 Å². The van der Waals surface area contributed by atoms with Gasteiger partial charge in [0.2, 0.25) is 0 Å². The van der Waals surface area contributed by atoms with E-state index >= 15 is 0 Å². The lowest BCUT2D eigenvalue weighted by molar-refractivity contribution is 0.0694. The van der Waals surface area contributed by atoms with E-state index in [2.05, 4.69) is 6.92 Å². The van der Waals surface area contributed by atoms with Gasteiger partial charge in [-0.05, 0) is 43.0 Å². The number of carboxylic acids is 1. The van der Waals surface area contributed by atoms with Crippen molar-refractivity contribution < 1.29 is 9.90 Å². The molecule has 1 N–H and O–H groups in total. The first kappa shape index (κ1) is 16.0. The first-order valence-corrected chi connectivity index (χ1v) is 7.57. The summed E-state index contributed by atoms with van der Waals surface area (Å²) in [6.45, 7) is 6.00. The van der Waals surface area contributed by atoms with Gasteiger partial charge in [-0.2, -0.15) is 0 Å². The minimum absolute atomic E-state index is 0.0624. The van der Waals surface area contributed by atoms with Crippen molar-refractivity contribution in [1.82, 2.24) is 4.57 Å². The summed E-state index contributed by atoms with van der Waals surface area (Å²) in [6, 6.07) is 11.1. The molecule has 0 aliphatic carbocycles. The molecule has 1 aromatic carbocycles. The Kier molecular flexibility index (Phi) is 4.81. The summed E-state index contributed by atoms with van der Waals surface area (Å²) in [5.41, 5.74) is 2.27. The van der Waals surface area contributed by atoms with Crippen LogP contribution in [0.5, 0.6) is 0 Å². The lowest BCUT2D eigenvalue weighted by atomic mass is 10.0. The number of aromatic nitrogens is 1. The van der Waals surface area contributed by atoms with Gasteiger partial charge in [0, 0.05) is 6.04 Å². The van der Waals surface area contributed by atoms with Gasteiger partial charge in [0.05, 0.1) is 5.69 Å². The number of carbonyl (C=O) groups is 1. The first-order chi connectivity index (χ1) is 10.5. The summed E-state index contributed by atoms with van der Waals surface area (Å²) in [7, 11) is 0. The van der Waals surface area contributed by atoms with E-state index in [9.17, 15) is 9.59 Å². The van der Waals surface area contributed by atoms with Crippen LogP contribution in [-0.4, -0.2) is 15.6 Å². The van der Waals surface area contributed by atoms with Gasteiger partial charge in [-0.3, -0.25) is 4.79 Å². The molecule has 0 saturated carbocycles. The van der Waals surface area contributed by atoms with E-state index in [0.29, 0.717) is 0 Å². The molecule has 0 aliphatic heterocycles. The molecule has 1 aromatic heterocycles. The van der Waals surface area contributed by atoms with Gasteiger partial charge < -0.3 is 9.67 Å². The van der Waals surface area contributed by atoms with Crippen LogP contribution in [0.4, 0.5) is 0 Å². The fourth-order valence-corrected chi connectivity index (χ4v) is 2.48. The second kappa shape index (κ2) is 6.60. The molecule has 0 saturated heterocycles. The monoisotopic (exact) mass is 299 g/mol. The SMILES string of the molecule is CCc1ccc(-c2ccc(C(=O)O)c(=O)n2C(C)CC)cc1. The molecular weight excluding hydrogens is 278 g/mol. The molecule has 1 heterocycles. The Labute approximate surface area is 130 Å². The predicted molar refractivity (Wildman–Crippen MR) is 87.5 cm³/mol. The van der Waals surface area contributed by atoms with E-state index in [0.717, 1.165) is 24.1 Å². The highest BCUT2D eigenvalue weighted by Gasteiger charge is 2.17. The zero-order chi connectivity index (χ0) is 16.3. The van der Waals surface area contributed by atoms with E-state index in [1.54, 1.807) is 10.6 Å². The van der Waals surface area contributed by atoms with Crippen molar-refractivity contribution >= 4 is 5.97 Å². The lowest BCUT2D eigenvalue weighted by Crippen LogP contribution is -2.29. The van der Waals surface area contributed by atoms with Crippen molar-refractivity contribution in [3.8, 4) is 11.3 Å². The highest BCUT2D eigenvalue weighted by molar-refractivity contribution is 5.87. The Bertz CT molecular complexity index is 729. The van der Waals surface area contributed by atoms with E-state index in [-0.39, 0.29) is 11.6 Å². The van der Waals surface area contributed by atoms with Crippen LogP contribution in [-0.2, 0) is 6.42 Å². The van der Waals surface area contributed by atoms with Crippen LogP contribution in [0.25, 0.3) is 11.3 Å². The van der Waals surface area contributed by atoms with Gasteiger partial charge >= 0.3 is 5.97 Å². The van der Waals surface area contributed by atoms with Crippen LogP contribution >= 0.6 is 0 Å². The molecule has 0 amide bonds. The summed E-state index contributed by atoms with van der Waals surface area (Å²) in [4.78, 5) is 23.7. The van der Waals surface area contributed by atoms with Gasteiger partial charge in [-0.25, -0.2) is 4.79 Å². The number of carboxylic acid groups (broad SMARTS) is 1. The van der Waals surface area contributed by atoms with Crippen molar-refractivity contribution in [3.63, 3.8) is 0 Å². The molecule has 2 rings (SSSR count). The normalized spacial score (nSPS) is 12.1. The third-order valence-electron chi connectivity index (χ3n) is 4.04. The van der Waals surface area contributed by atoms with Crippen LogP contribution < -0.4 is 5.56 Å². The summed E-state index contributed by atoms with van der Waals surface area (Å²) >= 11 is 0. The van der Waals surface area contributed by atoms with Crippen LogP contribution in [0.2, 0.25) is 0 Å². The minimum atomic E-state index is -1.19. The third kappa shape index (κ3) is 2.96. The smallest absolute Gasteiger partial charge is 0.341 e. The summed E-state index contributed by atoms with van der Waals surface area (Å²) in [6.07, 6.45) is 1.71. The van der Waals surface area contributed by atoms with Gasteiger partial charge in [-0.15, -0.1) is 0 Å². The first-order valence-electron chi connectivity index (χ1n) is 7.57. The molecule has 0 aliphatic rings. The zero-order valence-corrected chi connectivity index (χ0v) is 13.2. The summed E-state index contributed by atoms with van der Waals surface area (Å²) in [5, 5.41) is 9.16. The van der Waals surface area contributed by atoms with Gasteiger partial charge in [-0.1, -0.05) is 38.1 Å². The molecule has 0 fully saturated rings. The molecule has 1 atom stereocenters. The van der Waals surface area contributed by atoms with E-state index in [4.69, 9.17) is 5.11 Å². The maximum atomic E-state index is 12.5. The molecule has 4 nitrogen and oxygen atoms in total. The van der Waals surface area contributed by atoms with Crippen LogP contribution in [0.3, 0.4) is 0 Å². The van der Waals surface area contributed by atoms with Crippen molar-refractivity contribution in [2.45, 2.75) is 39.7 Å². The summed E-state index contributed by atoms with van der Waals surface area (Å²) in [5.74, 6) is -1.19. The molecule has 4 heteroatoms. The average molecular weight is 299 g/mol. The van der Waals surface area contributed by atoms with Crippen molar-refractivity contribution in [1.29, 1.82) is 0 Å². The molecular formula is C18H21NO3. The predicted octanol–water partition coefficient (Wildman–Crippen LogP) is 3.75. The van der Waals surface area contributed by atoms with Gasteiger partial charge in [0.1, 0.15) is 5.56 Å². The molecule has 0 spiro atoms. The Morgan fingerprint density at radius 3 is 2.27 bits per heavy atom. The van der Waals surface area contributed by atoms with E-state index in [1.165, 1.54) is 11.6 Å². The maximum absolute atomic E-state index is 12.5. The number of benzene rings is 1. The Hall–Kier alpha value is -2.36. The minimum Gasteiger partial charge on any atom is -0.477 e. The average Bonchev–Trinajstić information content (AvgIpc) is 2.53. The van der Waals surface area contributed by atoms with E-state index < -0.39 is 11.5 Å². The van der Waals surface area contributed by atoms with E-state index in [1.807, 2.05) is 38.1 Å². The van der Waals surface area contributed by atoms with Crippen molar-refractivity contribution in [3.05, 3.63) is 57.9 Å². The Morgan fingerprint density at radius 1 is 1.14 bits per heavy atom. The second-order valence-corrected chi connectivity index (χ2v) is 5.42. The molecule has 22 heavy (non-hydrogen) atoms. The Morgan fingerprint density at radius 2 is 1.77 bits per heavy atom. The molecule has 0 radical (unpaired) electrons. The lowest BCUT2D eigenvalue weighted by Gasteiger charge is -2.19. The zero-order valence-electron chi connectivity index (χ0n) is 13.2. The van der Waals surface area contributed by atoms with Gasteiger partial charge in [0.15, 0.2) is 0 Å². The number of aryl methyl sites for hydroxylation is 1. The number of hydrogen-bond acceptors (Lipinski definition) is 2.